The molecule has 1 aliphatic carbocycles. The van der Waals surface area contributed by atoms with Crippen molar-refractivity contribution in [2.75, 3.05) is 6.54 Å². The summed E-state index contributed by atoms with van der Waals surface area (Å²) in [7, 11) is 0. The molecule has 4 rings (SSSR count). The summed E-state index contributed by atoms with van der Waals surface area (Å²) in [6.07, 6.45) is 1.34. The van der Waals surface area contributed by atoms with Gasteiger partial charge in [-0.2, -0.15) is 0 Å². The third-order valence-electron chi connectivity index (χ3n) is 5.42. The molecule has 1 fully saturated rings. The Balaban J connectivity index is 1.60. The minimum absolute atomic E-state index is 0.0166. The zero-order valence-electron chi connectivity index (χ0n) is 14.8. The Morgan fingerprint density at radius 2 is 2.11 bits per heavy atom. The van der Waals surface area contributed by atoms with Crippen LogP contribution in [0.5, 0.6) is 0 Å². The number of hydrogen-bond acceptors (Lipinski definition) is 4. The maximum atomic E-state index is 16.0. The van der Waals surface area contributed by atoms with Gasteiger partial charge in [-0.3, -0.25) is 9.78 Å². The number of fused-ring (bicyclic) bond motifs is 2. The number of aryl methyl sites for hydroxylation is 1. The van der Waals surface area contributed by atoms with Gasteiger partial charge in [-0.1, -0.05) is 35.3 Å². The highest BCUT2D eigenvalue weighted by atomic mass is 35.5. The minimum Gasteiger partial charge on any atom is -0.434 e. The number of Topliss-reactive ketones (excluding diaryl/α,β-unsaturated/α-hetero) is 1. The summed E-state index contributed by atoms with van der Waals surface area (Å²) in [6.45, 7) is 0.209. The minimum atomic E-state index is -2.18. The molecular formula is C20H17Cl2FN2O3. The fraction of sp³-hybridized carbons (Fsp3) is 0.350. The largest absolute Gasteiger partial charge is 0.434 e. The van der Waals surface area contributed by atoms with E-state index in [1.54, 1.807) is 30.3 Å². The van der Waals surface area contributed by atoms with Crippen molar-refractivity contribution in [2.45, 2.75) is 37.0 Å². The number of rotatable bonds is 4. The zero-order chi connectivity index (χ0) is 19.9. The Labute approximate surface area is 171 Å². The molecule has 2 aromatic rings. The lowest BCUT2D eigenvalue weighted by atomic mass is 9.72. The molecule has 1 aromatic carbocycles. The highest BCUT2D eigenvalue weighted by Gasteiger charge is 2.55. The van der Waals surface area contributed by atoms with E-state index in [0.29, 0.717) is 22.2 Å². The molecule has 0 bridgehead atoms. The van der Waals surface area contributed by atoms with Crippen LogP contribution in [0.3, 0.4) is 0 Å². The molecule has 1 amide bonds. The van der Waals surface area contributed by atoms with Crippen molar-refractivity contribution >= 4 is 35.1 Å². The highest BCUT2D eigenvalue weighted by molar-refractivity contribution is 6.35. The van der Waals surface area contributed by atoms with Gasteiger partial charge < -0.3 is 10.1 Å². The highest BCUT2D eigenvalue weighted by Crippen LogP contribution is 2.48. The van der Waals surface area contributed by atoms with Crippen molar-refractivity contribution in [3.63, 3.8) is 0 Å². The Kier molecular flexibility index (Phi) is 4.79. The van der Waals surface area contributed by atoms with Crippen LogP contribution < -0.4 is 5.32 Å². The van der Waals surface area contributed by atoms with Gasteiger partial charge in [-0.25, -0.2) is 9.18 Å². The smallest absolute Gasteiger partial charge is 0.408 e. The van der Waals surface area contributed by atoms with Crippen molar-refractivity contribution in [2.24, 2.45) is 0 Å². The summed E-state index contributed by atoms with van der Waals surface area (Å²) in [6, 6.07) is 8.14. The molecule has 0 radical (unpaired) electrons. The van der Waals surface area contributed by atoms with E-state index < -0.39 is 23.1 Å². The number of ketones is 1. The van der Waals surface area contributed by atoms with E-state index in [0.717, 1.165) is 5.56 Å². The zero-order valence-corrected chi connectivity index (χ0v) is 16.3. The van der Waals surface area contributed by atoms with Crippen molar-refractivity contribution in [1.82, 2.24) is 10.3 Å². The number of pyridine rings is 1. The first kappa shape index (κ1) is 19.2. The summed E-state index contributed by atoms with van der Waals surface area (Å²) in [5.41, 5.74) is -1.99. The van der Waals surface area contributed by atoms with Crippen LogP contribution >= 0.6 is 23.2 Å². The van der Waals surface area contributed by atoms with Gasteiger partial charge in [0, 0.05) is 28.2 Å². The average molecular weight is 423 g/mol. The number of benzene rings is 1. The number of nitrogens with zero attached hydrogens (tertiary/aromatic N) is 1. The predicted octanol–water partition coefficient (Wildman–Crippen LogP) is 4.48. The number of aromatic nitrogens is 1. The topological polar surface area (TPSA) is 68.3 Å². The number of alkyl carbamates (subject to hydrolysis) is 1. The third-order valence-corrected chi connectivity index (χ3v) is 6.01. The maximum absolute atomic E-state index is 16.0. The standard InChI is InChI=1S/C20H17Cl2FN2O3/c21-13-5-3-12(15(22)10-13)4-6-16(26)20(23)8-7-19(11-25-18(27)28-19)17-14(20)2-1-9-24-17/h1-3,5,9-10H,4,6-8,11H2,(H,25,27)/t19-,20-/m0/s1. The monoisotopic (exact) mass is 422 g/mol. The van der Waals surface area contributed by atoms with Crippen LogP contribution in [0.25, 0.3) is 0 Å². The summed E-state index contributed by atoms with van der Waals surface area (Å²) in [4.78, 5) is 28.8. The average Bonchev–Trinajstić information content (AvgIpc) is 3.06. The molecule has 2 atom stereocenters. The van der Waals surface area contributed by atoms with E-state index in [1.807, 2.05) is 0 Å². The van der Waals surface area contributed by atoms with Crippen molar-refractivity contribution < 1.29 is 18.7 Å². The van der Waals surface area contributed by atoms with E-state index >= 15 is 4.39 Å². The number of halogens is 3. The van der Waals surface area contributed by atoms with Gasteiger partial charge in [-0.15, -0.1) is 0 Å². The van der Waals surface area contributed by atoms with E-state index in [1.165, 1.54) is 6.20 Å². The molecule has 2 aliphatic rings. The first-order valence-corrected chi connectivity index (χ1v) is 9.69. The predicted molar refractivity (Wildman–Crippen MR) is 102 cm³/mol. The number of carbonyl (C=O) groups is 2. The number of nitrogens with one attached hydrogen (secondary N) is 1. The number of ether oxygens (including phenoxy) is 1. The molecular weight excluding hydrogens is 406 g/mol. The molecule has 28 heavy (non-hydrogen) atoms. The SMILES string of the molecule is O=C1NC[C@]2(CC[C@@](F)(C(=O)CCc3ccc(Cl)cc3Cl)c3cccnc32)O1. The quantitative estimate of drug-likeness (QED) is 0.787. The van der Waals surface area contributed by atoms with Crippen molar-refractivity contribution in [1.29, 1.82) is 0 Å². The second kappa shape index (κ2) is 7.01. The van der Waals surface area contributed by atoms with Crippen molar-refractivity contribution in [3.8, 4) is 0 Å². The molecule has 1 aromatic heterocycles. The van der Waals surface area contributed by atoms with Gasteiger partial charge in [0.15, 0.2) is 17.1 Å². The fourth-order valence-electron chi connectivity index (χ4n) is 3.91. The lowest BCUT2D eigenvalue weighted by molar-refractivity contribution is -0.134. The van der Waals surface area contributed by atoms with E-state index in [2.05, 4.69) is 10.3 Å². The van der Waals surface area contributed by atoms with Gasteiger partial charge in [-0.05, 0) is 43.0 Å². The molecule has 0 unspecified atom stereocenters. The molecule has 0 saturated carbocycles. The van der Waals surface area contributed by atoms with Crippen LogP contribution in [-0.4, -0.2) is 23.4 Å². The second-order valence-electron chi connectivity index (χ2n) is 7.10. The molecule has 146 valence electrons. The third kappa shape index (κ3) is 3.14. The van der Waals surface area contributed by atoms with Crippen LogP contribution in [0, 0.1) is 0 Å². The van der Waals surface area contributed by atoms with Gasteiger partial charge in [0.05, 0.1) is 12.2 Å². The van der Waals surface area contributed by atoms with Gasteiger partial charge >= 0.3 is 6.09 Å². The Morgan fingerprint density at radius 3 is 2.82 bits per heavy atom. The van der Waals surface area contributed by atoms with Crippen LogP contribution in [0.1, 0.15) is 36.1 Å². The summed E-state index contributed by atoms with van der Waals surface area (Å²) in [5, 5.41) is 3.55. The Morgan fingerprint density at radius 1 is 1.29 bits per heavy atom. The molecule has 8 heteroatoms. The number of carbonyl (C=O) groups excluding carboxylic acids is 2. The molecule has 1 spiro atoms. The van der Waals surface area contributed by atoms with Crippen molar-refractivity contribution in [3.05, 3.63) is 63.4 Å². The number of amides is 1. The first-order valence-electron chi connectivity index (χ1n) is 8.93. The van der Waals surface area contributed by atoms with E-state index in [4.69, 9.17) is 27.9 Å². The summed E-state index contributed by atoms with van der Waals surface area (Å²) < 4.78 is 21.4. The van der Waals surface area contributed by atoms with Gasteiger partial charge in [0.2, 0.25) is 0 Å². The molecule has 2 heterocycles. The molecule has 5 nitrogen and oxygen atoms in total. The summed E-state index contributed by atoms with van der Waals surface area (Å²) in [5.74, 6) is -0.542. The van der Waals surface area contributed by atoms with Crippen LogP contribution in [-0.2, 0) is 27.2 Å². The lowest BCUT2D eigenvalue weighted by Crippen LogP contribution is -2.45. The van der Waals surface area contributed by atoms with E-state index in [-0.39, 0.29) is 31.4 Å². The number of hydrogen-bond donors (Lipinski definition) is 1. The Bertz CT molecular complexity index is 970. The van der Waals surface area contributed by atoms with E-state index in [9.17, 15) is 9.59 Å². The normalized spacial score (nSPS) is 25.9. The van der Waals surface area contributed by atoms with Gasteiger partial charge in [0.1, 0.15) is 0 Å². The number of alkyl halides is 1. The molecule has 1 N–H and O–H groups in total. The summed E-state index contributed by atoms with van der Waals surface area (Å²) >= 11 is 12.0. The molecule has 1 aliphatic heterocycles. The second-order valence-corrected chi connectivity index (χ2v) is 7.94. The van der Waals surface area contributed by atoms with Crippen LogP contribution in [0.4, 0.5) is 9.18 Å². The first-order chi connectivity index (χ1) is 13.3. The fourth-order valence-corrected chi connectivity index (χ4v) is 4.41. The van der Waals surface area contributed by atoms with Crippen LogP contribution in [0.15, 0.2) is 36.5 Å². The molecule has 1 saturated heterocycles. The Hall–Kier alpha value is -2.18. The lowest BCUT2D eigenvalue weighted by Gasteiger charge is -2.38. The van der Waals surface area contributed by atoms with Crippen LogP contribution in [0.2, 0.25) is 10.0 Å². The van der Waals surface area contributed by atoms with Gasteiger partial charge in [0.25, 0.3) is 0 Å². The maximum Gasteiger partial charge on any atom is 0.408 e.